The van der Waals surface area contributed by atoms with Crippen LogP contribution in [0.5, 0.6) is 0 Å². The SMILES string of the molecule is C=CC(=O)NC(CC(=O)O)C(C)C. The Balaban J connectivity index is 4.17. The molecule has 0 rings (SSSR count). The molecule has 74 valence electrons. The normalized spacial score (nSPS) is 12.2. The van der Waals surface area contributed by atoms with Gasteiger partial charge in [0, 0.05) is 6.04 Å². The van der Waals surface area contributed by atoms with Gasteiger partial charge in [0.15, 0.2) is 0 Å². The quantitative estimate of drug-likeness (QED) is 0.622. The van der Waals surface area contributed by atoms with Crippen LogP contribution in [0.3, 0.4) is 0 Å². The summed E-state index contributed by atoms with van der Waals surface area (Å²) in [5, 5.41) is 11.1. The van der Waals surface area contributed by atoms with E-state index in [-0.39, 0.29) is 24.3 Å². The first-order valence-corrected chi connectivity index (χ1v) is 4.12. The molecule has 0 radical (unpaired) electrons. The lowest BCUT2D eigenvalue weighted by atomic mass is 10.0. The predicted molar refractivity (Wildman–Crippen MR) is 49.2 cm³/mol. The van der Waals surface area contributed by atoms with Crippen LogP contribution in [0.2, 0.25) is 0 Å². The zero-order valence-corrected chi connectivity index (χ0v) is 7.91. The highest BCUT2D eigenvalue weighted by atomic mass is 16.4. The van der Waals surface area contributed by atoms with Crippen molar-refractivity contribution in [3.05, 3.63) is 12.7 Å². The highest BCUT2D eigenvalue weighted by Crippen LogP contribution is 2.05. The fourth-order valence-electron chi connectivity index (χ4n) is 0.883. The number of carbonyl (C=O) groups is 2. The molecule has 0 fully saturated rings. The van der Waals surface area contributed by atoms with Gasteiger partial charge in [0.1, 0.15) is 0 Å². The Labute approximate surface area is 77.6 Å². The summed E-state index contributed by atoms with van der Waals surface area (Å²) in [5.41, 5.74) is 0. The van der Waals surface area contributed by atoms with Crippen LogP contribution in [0, 0.1) is 5.92 Å². The second-order valence-corrected chi connectivity index (χ2v) is 3.16. The van der Waals surface area contributed by atoms with E-state index in [2.05, 4.69) is 11.9 Å². The molecule has 0 aromatic carbocycles. The maximum absolute atomic E-state index is 10.9. The first kappa shape index (κ1) is 11.7. The summed E-state index contributed by atoms with van der Waals surface area (Å²) in [4.78, 5) is 21.3. The fourth-order valence-corrected chi connectivity index (χ4v) is 0.883. The summed E-state index contributed by atoms with van der Waals surface area (Å²) in [7, 11) is 0. The molecule has 0 bridgehead atoms. The lowest BCUT2D eigenvalue weighted by Gasteiger charge is -2.19. The molecule has 4 heteroatoms. The Bertz CT molecular complexity index is 211. The van der Waals surface area contributed by atoms with Crippen molar-refractivity contribution < 1.29 is 14.7 Å². The second kappa shape index (κ2) is 5.35. The molecule has 0 aromatic heterocycles. The molecule has 1 atom stereocenters. The lowest BCUT2D eigenvalue weighted by Crippen LogP contribution is -2.39. The predicted octanol–water partition coefficient (Wildman–Crippen LogP) is 0.788. The molecule has 0 aliphatic rings. The molecule has 0 saturated heterocycles. The molecule has 1 amide bonds. The Morgan fingerprint density at radius 2 is 2.08 bits per heavy atom. The van der Waals surface area contributed by atoms with Crippen LogP contribution in [0.1, 0.15) is 20.3 Å². The van der Waals surface area contributed by atoms with Gasteiger partial charge in [0.25, 0.3) is 0 Å². The Hall–Kier alpha value is -1.32. The van der Waals surface area contributed by atoms with Crippen molar-refractivity contribution >= 4 is 11.9 Å². The zero-order chi connectivity index (χ0) is 10.4. The summed E-state index contributed by atoms with van der Waals surface area (Å²) < 4.78 is 0. The average Bonchev–Trinajstić information content (AvgIpc) is 2.02. The number of amides is 1. The van der Waals surface area contributed by atoms with E-state index in [1.54, 1.807) is 0 Å². The van der Waals surface area contributed by atoms with E-state index in [0.717, 1.165) is 6.08 Å². The number of hydrogen-bond donors (Lipinski definition) is 2. The zero-order valence-electron chi connectivity index (χ0n) is 7.91. The third-order valence-electron chi connectivity index (χ3n) is 1.71. The maximum Gasteiger partial charge on any atom is 0.305 e. The van der Waals surface area contributed by atoms with Crippen molar-refractivity contribution in [3.63, 3.8) is 0 Å². The smallest absolute Gasteiger partial charge is 0.305 e. The topological polar surface area (TPSA) is 66.4 Å². The number of rotatable bonds is 5. The molecule has 0 heterocycles. The number of carbonyl (C=O) groups excluding carboxylic acids is 1. The van der Waals surface area contributed by atoms with Gasteiger partial charge >= 0.3 is 5.97 Å². The highest BCUT2D eigenvalue weighted by Gasteiger charge is 2.17. The van der Waals surface area contributed by atoms with E-state index >= 15 is 0 Å². The van der Waals surface area contributed by atoms with Gasteiger partial charge in [0.05, 0.1) is 6.42 Å². The van der Waals surface area contributed by atoms with E-state index in [4.69, 9.17) is 5.11 Å². The van der Waals surface area contributed by atoms with Crippen LogP contribution in [0.25, 0.3) is 0 Å². The van der Waals surface area contributed by atoms with Gasteiger partial charge in [0.2, 0.25) is 5.91 Å². The van der Waals surface area contributed by atoms with Crippen LogP contribution >= 0.6 is 0 Å². The number of carboxylic acids is 1. The first-order chi connectivity index (χ1) is 5.97. The minimum absolute atomic E-state index is 0.0583. The van der Waals surface area contributed by atoms with Crippen LogP contribution in [-0.2, 0) is 9.59 Å². The highest BCUT2D eigenvalue weighted by molar-refractivity contribution is 5.87. The van der Waals surface area contributed by atoms with E-state index in [1.165, 1.54) is 0 Å². The molecule has 2 N–H and O–H groups in total. The van der Waals surface area contributed by atoms with Crippen LogP contribution in [0.4, 0.5) is 0 Å². The van der Waals surface area contributed by atoms with Crippen molar-refractivity contribution in [2.45, 2.75) is 26.3 Å². The second-order valence-electron chi connectivity index (χ2n) is 3.16. The van der Waals surface area contributed by atoms with Gasteiger partial charge in [-0.05, 0) is 12.0 Å². The van der Waals surface area contributed by atoms with E-state index in [1.807, 2.05) is 13.8 Å². The van der Waals surface area contributed by atoms with Crippen LogP contribution in [0.15, 0.2) is 12.7 Å². The Morgan fingerprint density at radius 1 is 1.54 bits per heavy atom. The molecule has 13 heavy (non-hydrogen) atoms. The molecule has 0 saturated carbocycles. The van der Waals surface area contributed by atoms with Crippen LogP contribution in [-0.4, -0.2) is 23.0 Å². The largest absolute Gasteiger partial charge is 0.481 e. The van der Waals surface area contributed by atoms with Gasteiger partial charge in [-0.2, -0.15) is 0 Å². The van der Waals surface area contributed by atoms with Gasteiger partial charge in [-0.3, -0.25) is 9.59 Å². The maximum atomic E-state index is 10.9. The van der Waals surface area contributed by atoms with E-state index in [0.29, 0.717) is 0 Å². The Kier molecular flexibility index (Phi) is 4.80. The van der Waals surface area contributed by atoms with Crippen molar-refractivity contribution in [1.29, 1.82) is 0 Å². The van der Waals surface area contributed by atoms with Crippen molar-refractivity contribution in [2.75, 3.05) is 0 Å². The lowest BCUT2D eigenvalue weighted by molar-refractivity contribution is -0.138. The monoisotopic (exact) mass is 185 g/mol. The summed E-state index contributed by atoms with van der Waals surface area (Å²) >= 11 is 0. The molecule has 0 aliphatic heterocycles. The number of nitrogens with one attached hydrogen (secondary N) is 1. The summed E-state index contributed by atoms with van der Waals surface area (Å²) in [5.74, 6) is -1.15. The van der Waals surface area contributed by atoms with Crippen molar-refractivity contribution in [1.82, 2.24) is 5.32 Å². The number of hydrogen-bond acceptors (Lipinski definition) is 2. The Morgan fingerprint density at radius 3 is 2.38 bits per heavy atom. The van der Waals surface area contributed by atoms with Gasteiger partial charge < -0.3 is 10.4 Å². The van der Waals surface area contributed by atoms with Gasteiger partial charge in [-0.15, -0.1) is 0 Å². The fraction of sp³-hybridized carbons (Fsp3) is 0.556. The molecule has 1 unspecified atom stereocenters. The molecule has 0 spiro atoms. The van der Waals surface area contributed by atoms with Crippen molar-refractivity contribution in [3.8, 4) is 0 Å². The molecule has 0 aliphatic carbocycles. The summed E-state index contributed by atoms with van der Waals surface area (Å²) in [6.45, 7) is 7.01. The summed E-state index contributed by atoms with van der Waals surface area (Å²) in [6.07, 6.45) is 1.08. The first-order valence-electron chi connectivity index (χ1n) is 4.12. The molecule has 4 nitrogen and oxygen atoms in total. The average molecular weight is 185 g/mol. The number of carboxylic acid groups (broad SMARTS) is 1. The minimum atomic E-state index is -0.914. The molecular weight excluding hydrogens is 170 g/mol. The third-order valence-corrected chi connectivity index (χ3v) is 1.71. The third kappa shape index (κ3) is 5.00. The molecular formula is C9H15NO3. The summed E-state index contributed by atoms with van der Waals surface area (Å²) in [6, 6.07) is -0.331. The van der Waals surface area contributed by atoms with E-state index in [9.17, 15) is 9.59 Å². The van der Waals surface area contributed by atoms with Crippen molar-refractivity contribution in [2.24, 2.45) is 5.92 Å². The minimum Gasteiger partial charge on any atom is -0.481 e. The van der Waals surface area contributed by atoms with Crippen LogP contribution < -0.4 is 5.32 Å². The number of aliphatic carboxylic acids is 1. The van der Waals surface area contributed by atoms with Gasteiger partial charge in [-0.1, -0.05) is 20.4 Å². The standard InChI is InChI=1S/C9H15NO3/c1-4-8(11)10-7(6(2)3)5-9(12)13/h4,6-7H,1,5H2,2-3H3,(H,10,11)(H,12,13). The van der Waals surface area contributed by atoms with E-state index < -0.39 is 5.97 Å². The van der Waals surface area contributed by atoms with Gasteiger partial charge in [-0.25, -0.2) is 0 Å². The molecule has 0 aromatic rings.